The summed E-state index contributed by atoms with van der Waals surface area (Å²) in [6.45, 7) is 11.1. The van der Waals surface area contributed by atoms with Crippen LogP contribution in [0.25, 0.3) is 0 Å². The number of imide groups is 3. The molecule has 0 saturated carbocycles. The van der Waals surface area contributed by atoms with E-state index in [-0.39, 0.29) is 0 Å². The van der Waals surface area contributed by atoms with E-state index in [0.717, 1.165) is 5.06 Å². The highest BCUT2D eigenvalue weighted by atomic mass is 16.5. The van der Waals surface area contributed by atoms with Gasteiger partial charge in [0.15, 0.2) is 11.1 Å². The van der Waals surface area contributed by atoms with Crippen LogP contribution in [-0.4, -0.2) is 44.0 Å². The van der Waals surface area contributed by atoms with Crippen molar-refractivity contribution >= 4 is 17.7 Å². The standard InChI is InChI=1S/C13H22N2O4/c1-11(2,3)8(16)14-9(17)12(4,5)15(19)13(6,7)10(14)18/h19H,1-7H3/p+1. The van der Waals surface area contributed by atoms with Gasteiger partial charge in [0.2, 0.25) is 5.91 Å². The van der Waals surface area contributed by atoms with Crippen LogP contribution in [0.15, 0.2) is 0 Å². The van der Waals surface area contributed by atoms with E-state index < -0.39 is 34.2 Å². The van der Waals surface area contributed by atoms with Gasteiger partial charge in [-0.05, 0) is 32.8 Å². The quantitative estimate of drug-likeness (QED) is 0.472. The molecule has 19 heavy (non-hydrogen) atoms. The maximum atomic E-state index is 12.4. The third-order valence-corrected chi connectivity index (χ3v) is 3.42. The molecule has 6 nitrogen and oxygen atoms in total. The number of amides is 3. The first-order chi connectivity index (χ1) is 8.25. The molecular weight excluding hydrogens is 248 g/mol. The zero-order valence-electron chi connectivity index (χ0n) is 12.6. The Balaban J connectivity index is 3.38. The van der Waals surface area contributed by atoms with Gasteiger partial charge >= 0.3 is 0 Å². The van der Waals surface area contributed by atoms with Crippen LogP contribution in [-0.2, 0) is 14.4 Å². The molecule has 1 heterocycles. The summed E-state index contributed by atoms with van der Waals surface area (Å²) in [7, 11) is 0. The van der Waals surface area contributed by atoms with Gasteiger partial charge < -0.3 is 5.21 Å². The Morgan fingerprint density at radius 2 is 1.32 bits per heavy atom. The van der Waals surface area contributed by atoms with Crippen LogP contribution >= 0.6 is 0 Å². The van der Waals surface area contributed by atoms with E-state index in [2.05, 4.69) is 0 Å². The third kappa shape index (κ3) is 2.19. The molecule has 0 aromatic carbocycles. The second kappa shape index (κ2) is 4.11. The first kappa shape index (κ1) is 15.8. The van der Waals surface area contributed by atoms with Crippen LogP contribution in [0.4, 0.5) is 0 Å². The zero-order chi connectivity index (χ0) is 15.4. The molecule has 1 rings (SSSR count). The number of hydrogen-bond acceptors (Lipinski definition) is 4. The van der Waals surface area contributed by atoms with E-state index >= 15 is 0 Å². The van der Waals surface area contributed by atoms with Crippen LogP contribution in [0, 0.1) is 5.41 Å². The molecule has 0 aliphatic carbocycles. The fourth-order valence-corrected chi connectivity index (χ4v) is 2.05. The molecule has 0 aromatic rings. The highest BCUT2D eigenvalue weighted by Gasteiger charge is 2.61. The number of carbonyl (C=O) groups is 3. The minimum atomic E-state index is -1.22. The largest absolute Gasteiger partial charge is 0.337 e. The Morgan fingerprint density at radius 3 is 1.58 bits per heavy atom. The number of piperazine rings is 1. The van der Waals surface area contributed by atoms with Crippen molar-refractivity contribution in [1.29, 1.82) is 0 Å². The maximum absolute atomic E-state index is 12.4. The molecule has 0 spiro atoms. The summed E-state index contributed by atoms with van der Waals surface area (Å²) in [5.41, 5.74) is -3.28. The lowest BCUT2D eigenvalue weighted by Crippen LogP contribution is -2.74. The molecule has 0 radical (unpaired) electrons. The van der Waals surface area contributed by atoms with Gasteiger partial charge in [0.25, 0.3) is 11.8 Å². The predicted molar refractivity (Wildman–Crippen MR) is 69.9 cm³/mol. The number of hydrogen-bond donors (Lipinski definition) is 0. The van der Waals surface area contributed by atoms with Crippen molar-refractivity contribution in [1.82, 2.24) is 9.96 Å². The van der Waals surface area contributed by atoms with E-state index in [0.29, 0.717) is 4.90 Å². The molecule has 0 atom stereocenters. The van der Waals surface area contributed by atoms with Crippen molar-refractivity contribution in [3.8, 4) is 0 Å². The van der Waals surface area contributed by atoms with Crippen molar-refractivity contribution in [2.75, 3.05) is 0 Å². The van der Waals surface area contributed by atoms with E-state index in [1.807, 2.05) is 0 Å². The van der Waals surface area contributed by atoms with E-state index in [4.69, 9.17) is 5.21 Å². The Hall–Kier alpha value is -1.27. The summed E-state index contributed by atoms with van der Waals surface area (Å²) in [6, 6.07) is 0. The topological polar surface area (TPSA) is 80.6 Å². The Labute approximate surface area is 113 Å². The Morgan fingerprint density at radius 1 is 1.00 bits per heavy atom. The minimum absolute atomic E-state index is 0.531. The van der Waals surface area contributed by atoms with E-state index in [1.54, 1.807) is 48.5 Å². The predicted octanol–water partition coefficient (Wildman–Crippen LogP) is 0.427. The molecule has 3 amide bonds. The van der Waals surface area contributed by atoms with Crippen molar-refractivity contribution in [3.63, 3.8) is 0 Å². The molecule has 1 fully saturated rings. The van der Waals surface area contributed by atoms with Crippen molar-refractivity contribution in [3.05, 3.63) is 0 Å². The zero-order valence-corrected chi connectivity index (χ0v) is 12.6. The van der Waals surface area contributed by atoms with Gasteiger partial charge in [0.05, 0.1) is 0 Å². The van der Waals surface area contributed by atoms with Crippen LogP contribution in [0.2, 0.25) is 0 Å². The van der Waals surface area contributed by atoms with Crippen LogP contribution in [0.3, 0.4) is 0 Å². The van der Waals surface area contributed by atoms with Gasteiger partial charge in [0, 0.05) is 5.41 Å². The highest BCUT2D eigenvalue weighted by Crippen LogP contribution is 2.34. The monoisotopic (exact) mass is 271 g/mol. The molecule has 1 aliphatic heterocycles. The highest BCUT2D eigenvalue weighted by molar-refractivity contribution is 6.18. The Kier molecular flexibility index (Phi) is 3.42. The Bertz CT molecular complexity index is 418. The molecule has 1 aliphatic rings. The molecule has 2 N–H and O–H groups in total. The summed E-state index contributed by atoms with van der Waals surface area (Å²) in [5, 5.41) is 8.95. The van der Waals surface area contributed by atoms with Gasteiger partial charge in [0.1, 0.15) is 0 Å². The number of nitrogens with zero attached hydrogens (tertiary/aromatic N) is 2. The van der Waals surface area contributed by atoms with Crippen LogP contribution in [0.5, 0.6) is 0 Å². The van der Waals surface area contributed by atoms with Crippen molar-refractivity contribution in [2.24, 2.45) is 5.41 Å². The average molecular weight is 271 g/mol. The molecule has 0 unspecified atom stereocenters. The second-order valence-electron chi connectivity index (χ2n) is 6.95. The lowest BCUT2D eigenvalue weighted by atomic mass is 9.86. The van der Waals surface area contributed by atoms with Crippen LogP contribution < -0.4 is 0 Å². The molecule has 108 valence electrons. The average Bonchev–Trinajstić information content (AvgIpc) is 2.24. The molecule has 0 bridgehead atoms. The second-order valence-corrected chi connectivity index (χ2v) is 6.95. The summed E-state index contributed by atoms with van der Waals surface area (Å²) in [4.78, 5) is 37.8. The first-order valence-corrected chi connectivity index (χ1v) is 6.20. The maximum Gasteiger partial charge on any atom is 0.263 e. The van der Waals surface area contributed by atoms with Gasteiger partial charge in [-0.2, -0.15) is 0 Å². The van der Waals surface area contributed by atoms with Gasteiger partial charge in [-0.3, -0.25) is 14.4 Å². The summed E-state index contributed by atoms with van der Waals surface area (Å²) < 4.78 is 0. The summed E-state index contributed by atoms with van der Waals surface area (Å²) in [6.07, 6.45) is 0. The van der Waals surface area contributed by atoms with Gasteiger partial charge in [-0.25, -0.2) is 4.90 Å². The first-order valence-electron chi connectivity index (χ1n) is 6.20. The molecule has 0 aromatic heterocycles. The fraction of sp³-hybridized carbons (Fsp3) is 0.769. The molecule has 6 heteroatoms. The SMILES string of the molecule is CC(C)(C)C(=O)N1C(=O)C(C)(C)N([OH2+])C(C)(C)C1=O. The molecule has 1 saturated heterocycles. The number of hydroxylamine groups is 2. The number of rotatable bonds is 0. The molecular formula is C13H23N2O4+. The third-order valence-electron chi connectivity index (χ3n) is 3.42. The summed E-state index contributed by atoms with van der Waals surface area (Å²) in [5.74, 6) is -1.82. The smallest absolute Gasteiger partial charge is 0.263 e. The minimum Gasteiger partial charge on any atom is -0.337 e. The van der Waals surface area contributed by atoms with Gasteiger partial charge in [-0.1, -0.05) is 20.8 Å². The fourth-order valence-electron chi connectivity index (χ4n) is 2.05. The summed E-state index contributed by atoms with van der Waals surface area (Å²) >= 11 is 0. The van der Waals surface area contributed by atoms with Crippen molar-refractivity contribution < 1.29 is 19.6 Å². The van der Waals surface area contributed by atoms with Gasteiger partial charge in [-0.15, -0.1) is 0 Å². The normalized spacial score (nSPS) is 23.7. The van der Waals surface area contributed by atoms with E-state index in [9.17, 15) is 14.4 Å². The van der Waals surface area contributed by atoms with Crippen LogP contribution in [0.1, 0.15) is 48.5 Å². The lowest BCUT2D eigenvalue weighted by molar-refractivity contribution is -0.241. The number of carbonyl (C=O) groups excluding carboxylic acids is 3. The lowest BCUT2D eigenvalue weighted by Gasteiger charge is -2.46. The van der Waals surface area contributed by atoms with Crippen molar-refractivity contribution in [2.45, 2.75) is 59.5 Å². The van der Waals surface area contributed by atoms with E-state index in [1.165, 1.54) is 0 Å².